The number of hydrogen-bond acceptors (Lipinski definition) is 2. The Balaban J connectivity index is 1.65. The van der Waals surface area contributed by atoms with E-state index in [9.17, 15) is 4.79 Å². The van der Waals surface area contributed by atoms with E-state index in [1.165, 1.54) is 19.3 Å². The van der Waals surface area contributed by atoms with Crippen molar-refractivity contribution in [1.82, 2.24) is 0 Å². The molecule has 1 saturated carbocycles. The molecule has 0 spiro atoms. The highest BCUT2D eigenvalue weighted by atomic mass is 16.5. The second-order valence-corrected chi connectivity index (χ2v) is 5.70. The van der Waals surface area contributed by atoms with E-state index in [2.05, 4.69) is 17.5 Å². The van der Waals surface area contributed by atoms with Gasteiger partial charge in [0.15, 0.2) is 0 Å². The predicted octanol–water partition coefficient (Wildman–Crippen LogP) is 3.63. The van der Waals surface area contributed by atoms with Gasteiger partial charge < -0.3 is 10.1 Å². The number of rotatable bonds is 3. The van der Waals surface area contributed by atoms with Crippen molar-refractivity contribution in [2.45, 2.75) is 25.7 Å². The SMILES string of the molecule is COc1cccc(NC(=O)[C@@H]2[C@H]3/C=C\CCCC[C@H]32)c1. The van der Waals surface area contributed by atoms with Gasteiger partial charge in [0, 0.05) is 17.7 Å². The van der Waals surface area contributed by atoms with E-state index in [4.69, 9.17) is 4.74 Å². The molecule has 3 nitrogen and oxygen atoms in total. The van der Waals surface area contributed by atoms with Gasteiger partial charge in [-0.2, -0.15) is 0 Å². The van der Waals surface area contributed by atoms with Crippen LogP contribution in [-0.2, 0) is 4.79 Å². The summed E-state index contributed by atoms with van der Waals surface area (Å²) >= 11 is 0. The molecule has 1 aromatic carbocycles. The minimum absolute atomic E-state index is 0.153. The Morgan fingerprint density at radius 2 is 2.25 bits per heavy atom. The molecule has 3 rings (SSSR count). The third-order valence-electron chi connectivity index (χ3n) is 4.39. The summed E-state index contributed by atoms with van der Waals surface area (Å²) in [5, 5.41) is 3.02. The topological polar surface area (TPSA) is 38.3 Å². The quantitative estimate of drug-likeness (QED) is 0.853. The van der Waals surface area contributed by atoms with E-state index in [1.807, 2.05) is 24.3 Å². The van der Waals surface area contributed by atoms with Crippen LogP contribution in [0.5, 0.6) is 5.75 Å². The van der Waals surface area contributed by atoms with E-state index in [1.54, 1.807) is 7.11 Å². The lowest BCUT2D eigenvalue weighted by Crippen LogP contribution is -2.15. The molecule has 1 amide bonds. The first-order valence-corrected chi connectivity index (χ1v) is 7.41. The maximum atomic E-state index is 12.4. The van der Waals surface area contributed by atoms with Crippen LogP contribution in [0, 0.1) is 17.8 Å². The third kappa shape index (κ3) is 2.72. The molecule has 3 atom stereocenters. The molecule has 106 valence electrons. The van der Waals surface area contributed by atoms with Gasteiger partial charge >= 0.3 is 0 Å². The predicted molar refractivity (Wildman–Crippen MR) is 79.7 cm³/mol. The van der Waals surface area contributed by atoms with Crippen LogP contribution in [0.2, 0.25) is 0 Å². The smallest absolute Gasteiger partial charge is 0.228 e. The highest BCUT2D eigenvalue weighted by Gasteiger charge is 2.52. The molecule has 0 unspecified atom stereocenters. The zero-order valence-corrected chi connectivity index (χ0v) is 11.8. The van der Waals surface area contributed by atoms with Gasteiger partial charge in [0.1, 0.15) is 5.75 Å². The summed E-state index contributed by atoms with van der Waals surface area (Å²) in [6.45, 7) is 0. The Kier molecular flexibility index (Phi) is 3.77. The number of allylic oxidation sites excluding steroid dienone is 2. The van der Waals surface area contributed by atoms with Crippen LogP contribution < -0.4 is 10.1 Å². The Morgan fingerprint density at radius 3 is 3.10 bits per heavy atom. The number of ether oxygens (including phenoxy) is 1. The molecule has 1 N–H and O–H groups in total. The molecular weight excluding hydrogens is 250 g/mol. The number of anilines is 1. The number of hydrogen-bond donors (Lipinski definition) is 1. The molecule has 1 aromatic rings. The fourth-order valence-corrected chi connectivity index (χ4v) is 3.23. The molecule has 2 aliphatic rings. The van der Waals surface area contributed by atoms with E-state index in [-0.39, 0.29) is 11.8 Å². The van der Waals surface area contributed by atoms with Crippen molar-refractivity contribution >= 4 is 11.6 Å². The fraction of sp³-hybridized carbons (Fsp3) is 0.471. The monoisotopic (exact) mass is 271 g/mol. The molecule has 0 aliphatic heterocycles. The molecular formula is C17H21NO2. The Morgan fingerprint density at radius 1 is 1.35 bits per heavy atom. The lowest BCUT2D eigenvalue weighted by Gasteiger charge is -2.06. The van der Waals surface area contributed by atoms with Crippen molar-refractivity contribution < 1.29 is 9.53 Å². The summed E-state index contributed by atoms with van der Waals surface area (Å²) < 4.78 is 5.18. The first-order valence-electron chi connectivity index (χ1n) is 7.41. The third-order valence-corrected chi connectivity index (χ3v) is 4.39. The maximum Gasteiger partial charge on any atom is 0.228 e. The second kappa shape index (κ2) is 5.70. The lowest BCUT2D eigenvalue weighted by atomic mass is 10.1. The van der Waals surface area contributed by atoms with Crippen molar-refractivity contribution in [2.24, 2.45) is 17.8 Å². The normalized spacial score (nSPS) is 29.6. The molecule has 0 heterocycles. The summed E-state index contributed by atoms with van der Waals surface area (Å²) in [4.78, 5) is 12.4. The fourth-order valence-electron chi connectivity index (χ4n) is 3.23. The number of fused-ring (bicyclic) bond motifs is 1. The molecule has 3 heteroatoms. The van der Waals surface area contributed by atoms with Crippen LogP contribution in [-0.4, -0.2) is 13.0 Å². The molecule has 0 radical (unpaired) electrons. The van der Waals surface area contributed by atoms with Gasteiger partial charge in [-0.05, 0) is 43.2 Å². The first kappa shape index (κ1) is 13.2. The highest BCUT2D eigenvalue weighted by molar-refractivity contribution is 5.95. The van der Waals surface area contributed by atoms with Crippen LogP contribution in [0.4, 0.5) is 5.69 Å². The Hall–Kier alpha value is -1.77. The summed E-state index contributed by atoms with van der Waals surface area (Å²) in [6, 6.07) is 7.53. The van der Waals surface area contributed by atoms with Crippen molar-refractivity contribution in [3.8, 4) is 5.75 Å². The van der Waals surface area contributed by atoms with E-state index >= 15 is 0 Å². The molecule has 0 saturated heterocycles. The Bertz CT molecular complexity index is 523. The average molecular weight is 271 g/mol. The van der Waals surface area contributed by atoms with Gasteiger partial charge in [-0.25, -0.2) is 0 Å². The summed E-state index contributed by atoms with van der Waals surface area (Å²) in [6.07, 6.45) is 9.34. The van der Waals surface area contributed by atoms with Crippen molar-refractivity contribution in [3.63, 3.8) is 0 Å². The van der Waals surface area contributed by atoms with Gasteiger partial charge in [0.25, 0.3) is 0 Å². The summed E-state index contributed by atoms with van der Waals surface area (Å²) in [5.74, 6) is 2.10. The molecule has 1 fully saturated rings. The van der Waals surface area contributed by atoms with Crippen LogP contribution in [0.25, 0.3) is 0 Å². The van der Waals surface area contributed by atoms with Crippen molar-refractivity contribution in [1.29, 1.82) is 0 Å². The standard InChI is InChI=1S/C17H21NO2/c1-20-13-8-6-7-12(11-13)18-17(19)16-14-9-4-2-3-5-10-15(14)16/h4,6-9,11,14-16H,2-3,5,10H2,1H3,(H,18,19)/b9-4-/t14-,15+,16+/m0/s1. The van der Waals surface area contributed by atoms with Crippen molar-refractivity contribution in [2.75, 3.05) is 12.4 Å². The number of benzene rings is 1. The minimum atomic E-state index is 0.153. The van der Waals surface area contributed by atoms with Gasteiger partial charge in [0.2, 0.25) is 5.91 Å². The van der Waals surface area contributed by atoms with E-state index in [0.717, 1.165) is 17.9 Å². The van der Waals surface area contributed by atoms with Crippen LogP contribution in [0.3, 0.4) is 0 Å². The van der Waals surface area contributed by atoms with Gasteiger partial charge in [-0.15, -0.1) is 0 Å². The number of nitrogens with one attached hydrogen (secondary N) is 1. The zero-order chi connectivity index (χ0) is 13.9. The molecule has 0 bridgehead atoms. The van der Waals surface area contributed by atoms with Crippen LogP contribution in [0.15, 0.2) is 36.4 Å². The van der Waals surface area contributed by atoms with Crippen molar-refractivity contribution in [3.05, 3.63) is 36.4 Å². The number of amides is 1. The van der Waals surface area contributed by atoms with Gasteiger partial charge in [0.05, 0.1) is 7.11 Å². The number of carbonyl (C=O) groups excluding carboxylic acids is 1. The lowest BCUT2D eigenvalue weighted by molar-refractivity contribution is -0.117. The zero-order valence-electron chi connectivity index (χ0n) is 11.8. The van der Waals surface area contributed by atoms with Crippen LogP contribution in [0.1, 0.15) is 25.7 Å². The highest BCUT2D eigenvalue weighted by Crippen LogP contribution is 2.51. The van der Waals surface area contributed by atoms with E-state index in [0.29, 0.717) is 11.8 Å². The summed E-state index contributed by atoms with van der Waals surface area (Å²) in [5.41, 5.74) is 0.817. The molecule has 20 heavy (non-hydrogen) atoms. The van der Waals surface area contributed by atoms with Gasteiger partial charge in [-0.1, -0.05) is 24.6 Å². The molecule has 2 aliphatic carbocycles. The Labute approximate surface area is 120 Å². The maximum absolute atomic E-state index is 12.4. The van der Waals surface area contributed by atoms with E-state index < -0.39 is 0 Å². The first-order chi connectivity index (χ1) is 9.79. The summed E-state index contributed by atoms with van der Waals surface area (Å²) in [7, 11) is 1.63. The minimum Gasteiger partial charge on any atom is -0.497 e. The average Bonchev–Trinajstić information content (AvgIpc) is 3.10. The molecule has 0 aromatic heterocycles. The largest absolute Gasteiger partial charge is 0.497 e. The number of methoxy groups -OCH3 is 1. The van der Waals surface area contributed by atoms with Gasteiger partial charge in [-0.3, -0.25) is 4.79 Å². The number of carbonyl (C=O) groups is 1. The second-order valence-electron chi connectivity index (χ2n) is 5.70. The van der Waals surface area contributed by atoms with Crippen LogP contribution >= 0.6 is 0 Å².